The summed E-state index contributed by atoms with van der Waals surface area (Å²) in [5.74, 6) is 0.918. The summed E-state index contributed by atoms with van der Waals surface area (Å²) in [6.07, 6.45) is 4.90. The minimum atomic E-state index is 0. The van der Waals surface area contributed by atoms with Crippen molar-refractivity contribution in [3.63, 3.8) is 0 Å². The topological polar surface area (TPSA) is 38.5 Å². The highest BCUT2D eigenvalue weighted by Crippen LogP contribution is 2.27. The van der Waals surface area contributed by atoms with Crippen molar-refractivity contribution in [2.45, 2.75) is 38.3 Å². The van der Waals surface area contributed by atoms with Gasteiger partial charge in [-0.15, -0.1) is 12.4 Å². The number of benzene rings is 1. The van der Waals surface area contributed by atoms with Gasteiger partial charge in [0.1, 0.15) is 5.75 Å². The summed E-state index contributed by atoms with van der Waals surface area (Å²) in [7, 11) is 1.71. The lowest BCUT2D eigenvalue weighted by Crippen LogP contribution is -2.40. The Morgan fingerprint density at radius 3 is 2.90 bits per heavy atom. The molecule has 1 aromatic rings. The minimum absolute atomic E-state index is 0. The molecule has 0 spiro atoms. The van der Waals surface area contributed by atoms with Crippen LogP contribution in [0, 0.1) is 0 Å². The summed E-state index contributed by atoms with van der Waals surface area (Å²) >= 11 is 6.09. The van der Waals surface area contributed by atoms with Crippen molar-refractivity contribution >= 4 is 24.0 Å². The maximum Gasteiger partial charge on any atom is 0.123 e. The van der Waals surface area contributed by atoms with E-state index in [9.17, 15) is 0 Å². The van der Waals surface area contributed by atoms with Gasteiger partial charge in [-0.25, -0.2) is 0 Å². The van der Waals surface area contributed by atoms with E-state index < -0.39 is 0 Å². The molecule has 1 unspecified atom stereocenters. The highest BCUT2D eigenvalue weighted by atomic mass is 35.5. The SMILES string of the molecule is COc1ccc(Cl)cc1CN1CCCCC1CCN.Cl. The van der Waals surface area contributed by atoms with E-state index in [1.807, 2.05) is 18.2 Å². The van der Waals surface area contributed by atoms with Crippen LogP contribution < -0.4 is 10.5 Å². The second kappa shape index (κ2) is 8.73. The van der Waals surface area contributed by atoms with Crippen LogP contribution in [-0.2, 0) is 6.54 Å². The summed E-state index contributed by atoms with van der Waals surface area (Å²) < 4.78 is 5.43. The van der Waals surface area contributed by atoms with E-state index in [4.69, 9.17) is 22.1 Å². The second-order valence-electron chi connectivity index (χ2n) is 5.15. The first-order valence-corrected chi connectivity index (χ1v) is 7.39. The number of ether oxygens (including phenoxy) is 1. The summed E-state index contributed by atoms with van der Waals surface area (Å²) in [6.45, 7) is 2.79. The van der Waals surface area contributed by atoms with Crippen molar-refractivity contribution in [1.82, 2.24) is 4.90 Å². The van der Waals surface area contributed by atoms with Crippen molar-refractivity contribution in [2.24, 2.45) is 5.73 Å². The van der Waals surface area contributed by atoms with Crippen LogP contribution in [-0.4, -0.2) is 31.1 Å². The summed E-state index contributed by atoms with van der Waals surface area (Å²) in [4.78, 5) is 2.52. The normalized spacial score (nSPS) is 19.4. The van der Waals surface area contributed by atoms with Gasteiger partial charge in [-0.2, -0.15) is 0 Å². The first-order valence-electron chi connectivity index (χ1n) is 7.01. The third-order valence-electron chi connectivity index (χ3n) is 3.86. The molecule has 0 aliphatic carbocycles. The molecule has 114 valence electrons. The lowest BCUT2D eigenvalue weighted by atomic mass is 9.98. The number of methoxy groups -OCH3 is 1. The number of nitrogens with zero attached hydrogens (tertiary/aromatic N) is 1. The number of hydrogen-bond donors (Lipinski definition) is 1. The minimum Gasteiger partial charge on any atom is -0.496 e. The largest absolute Gasteiger partial charge is 0.496 e. The molecule has 1 fully saturated rings. The van der Waals surface area contributed by atoms with Gasteiger partial charge in [0, 0.05) is 23.2 Å². The zero-order chi connectivity index (χ0) is 13.7. The van der Waals surface area contributed by atoms with Gasteiger partial charge in [0.15, 0.2) is 0 Å². The molecule has 1 aromatic carbocycles. The monoisotopic (exact) mass is 318 g/mol. The quantitative estimate of drug-likeness (QED) is 0.903. The molecule has 20 heavy (non-hydrogen) atoms. The van der Waals surface area contributed by atoms with Crippen LogP contribution in [0.5, 0.6) is 5.75 Å². The van der Waals surface area contributed by atoms with Crippen molar-refractivity contribution in [3.8, 4) is 5.75 Å². The number of likely N-dealkylation sites (tertiary alicyclic amines) is 1. The number of nitrogens with two attached hydrogens (primary N) is 1. The van der Waals surface area contributed by atoms with Gasteiger partial charge in [0.2, 0.25) is 0 Å². The molecule has 5 heteroatoms. The fourth-order valence-corrected chi connectivity index (χ4v) is 3.07. The number of halogens is 2. The van der Waals surface area contributed by atoms with Gasteiger partial charge < -0.3 is 10.5 Å². The molecule has 1 aliphatic heterocycles. The second-order valence-corrected chi connectivity index (χ2v) is 5.59. The van der Waals surface area contributed by atoms with E-state index in [1.54, 1.807) is 7.11 Å². The molecule has 2 rings (SSSR count). The fraction of sp³-hybridized carbons (Fsp3) is 0.600. The van der Waals surface area contributed by atoms with Gasteiger partial charge in [0.05, 0.1) is 7.11 Å². The maximum absolute atomic E-state index is 6.09. The summed E-state index contributed by atoms with van der Waals surface area (Å²) in [6, 6.07) is 6.42. The van der Waals surface area contributed by atoms with Crippen LogP contribution in [0.1, 0.15) is 31.2 Å². The first kappa shape index (κ1) is 17.6. The highest BCUT2D eigenvalue weighted by molar-refractivity contribution is 6.30. The average Bonchev–Trinajstić information content (AvgIpc) is 2.42. The Hall–Kier alpha value is -0.480. The molecule has 1 saturated heterocycles. The number of hydrogen-bond acceptors (Lipinski definition) is 3. The van der Waals surface area contributed by atoms with Crippen molar-refractivity contribution in [3.05, 3.63) is 28.8 Å². The Labute approximate surface area is 132 Å². The Kier molecular flexibility index (Phi) is 7.67. The molecule has 1 atom stereocenters. The standard InChI is InChI=1S/C15H23ClN2O.ClH/c1-19-15-6-5-13(16)10-12(15)11-18-9-3-2-4-14(18)7-8-17;/h5-6,10,14H,2-4,7-9,11,17H2,1H3;1H. The Bertz CT molecular complexity index is 413. The molecule has 1 aliphatic rings. The van der Waals surface area contributed by atoms with E-state index in [0.717, 1.165) is 36.8 Å². The van der Waals surface area contributed by atoms with Crippen LogP contribution in [0.2, 0.25) is 5.02 Å². The predicted octanol–water partition coefficient (Wildman–Crippen LogP) is 3.47. The Balaban J connectivity index is 0.00000200. The van der Waals surface area contributed by atoms with E-state index in [1.165, 1.54) is 24.8 Å². The molecule has 0 bridgehead atoms. The Morgan fingerprint density at radius 2 is 2.20 bits per heavy atom. The molecule has 0 saturated carbocycles. The smallest absolute Gasteiger partial charge is 0.123 e. The van der Waals surface area contributed by atoms with E-state index in [0.29, 0.717) is 6.04 Å². The molecule has 0 aromatic heterocycles. The van der Waals surface area contributed by atoms with E-state index in [2.05, 4.69) is 4.90 Å². The predicted molar refractivity (Wildman–Crippen MR) is 87.0 cm³/mol. The molecular weight excluding hydrogens is 295 g/mol. The van der Waals surface area contributed by atoms with Crippen LogP contribution >= 0.6 is 24.0 Å². The average molecular weight is 319 g/mol. The first-order chi connectivity index (χ1) is 9.24. The van der Waals surface area contributed by atoms with Crippen molar-refractivity contribution < 1.29 is 4.74 Å². The van der Waals surface area contributed by atoms with Crippen LogP contribution in [0.4, 0.5) is 0 Å². The zero-order valence-corrected chi connectivity index (χ0v) is 13.6. The maximum atomic E-state index is 6.09. The number of rotatable bonds is 5. The van der Waals surface area contributed by atoms with Gasteiger partial charge in [0.25, 0.3) is 0 Å². The Morgan fingerprint density at radius 1 is 1.40 bits per heavy atom. The van der Waals surface area contributed by atoms with Crippen LogP contribution in [0.3, 0.4) is 0 Å². The molecule has 3 nitrogen and oxygen atoms in total. The highest BCUT2D eigenvalue weighted by Gasteiger charge is 2.22. The molecule has 0 amide bonds. The van der Waals surface area contributed by atoms with Gasteiger partial charge in [-0.05, 0) is 50.6 Å². The van der Waals surface area contributed by atoms with Gasteiger partial charge >= 0.3 is 0 Å². The lowest BCUT2D eigenvalue weighted by molar-refractivity contribution is 0.133. The molecule has 1 heterocycles. The summed E-state index contributed by atoms with van der Waals surface area (Å²) in [5, 5.41) is 0.767. The van der Waals surface area contributed by atoms with Gasteiger partial charge in [-0.3, -0.25) is 4.90 Å². The van der Waals surface area contributed by atoms with Gasteiger partial charge in [-0.1, -0.05) is 18.0 Å². The fourth-order valence-electron chi connectivity index (χ4n) is 2.88. The van der Waals surface area contributed by atoms with Crippen molar-refractivity contribution in [1.29, 1.82) is 0 Å². The molecule has 0 radical (unpaired) electrons. The molecule has 2 N–H and O–H groups in total. The third kappa shape index (κ3) is 4.52. The van der Waals surface area contributed by atoms with E-state index >= 15 is 0 Å². The third-order valence-corrected chi connectivity index (χ3v) is 4.10. The zero-order valence-electron chi connectivity index (χ0n) is 12.0. The van der Waals surface area contributed by atoms with Crippen LogP contribution in [0.25, 0.3) is 0 Å². The number of piperidine rings is 1. The lowest BCUT2D eigenvalue weighted by Gasteiger charge is -2.36. The van der Waals surface area contributed by atoms with Crippen LogP contribution in [0.15, 0.2) is 18.2 Å². The van der Waals surface area contributed by atoms with E-state index in [-0.39, 0.29) is 12.4 Å². The molecular formula is C15H24Cl2N2O. The van der Waals surface area contributed by atoms with Crippen molar-refractivity contribution in [2.75, 3.05) is 20.2 Å². The summed E-state index contributed by atoms with van der Waals surface area (Å²) in [5.41, 5.74) is 6.89.